The Balaban J connectivity index is 1.73. The topological polar surface area (TPSA) is 55.7 Å². The summed E-state index contributed by atoms with van der Waals surface area (Å²) in [7, 11) is 3.26. The number of nitrogens with one attached hydrogen (secondary N) is 1. The molecule has 0 saturated heterocycles. The number of para-hydroxylation sites is 1. The van der Waals surface area contributed by atoms with Crippen LogP contribution in [0.4, 0.5) is 10.5 Å². The summed E-state index contributed by atoms with van der Waals surface area (Å²) in [6.07, 6.45) is 2.05. The van der Waals surface area contributed by atoms with E-state index in [1.807, 2.05) is 65.7 Å². The zero-order chi connectivity index (χ0) is 19.5. The first-order chi connectivity index (χ1) is 13.7. The lowest BCUT2D eigenvalue weighted by Gasteiger charge is -2.37. The Kier molecular flexibility index (Phi) is 4.93. The summed E-state index contributed by atoms with van der Waals surface area (Å²) in [4.78, 5) is 15.0. The van der Waals surface area contributed by atoms with Crippen molar-refractivity contribution in [1.82, 2.24) is 9.47 Å². The quantitative estimate of drug-likeness (QED) is 0.743. The highest BCUT2D eigenvalue weighted by Crippen LogP contribution is 2.39. The Bertz CT molecular complexity index is 968. The smallest absolute Gasteiger partial charge is 0.322 e. The molecule has 0 saturated carbocycles. The van der Waals surface area contributed by atoms with Crippen molar-refractivity contribution in [2.45, 2.75) is 12.6 Å². The number of urea groups is 1. The average Bonchev–Trinajstić information content (AvgIpc) is 3.22. The molecule has 3 aromatic rings. The number of carbonyl (C=O) groups excluding carboxylic acids is 1. The molecule has 1 aliphatic rings. The minimum Gasteiger partial charge on any atom is -0.497 e. The Morgan fingerprint density at radius 2 is 1.82 bits per heavy atom. The first kappa shape index (κ1) is 18.0. The Morgan fingerprint density at radius 3 is 2.57 bits per heavy atom. The van der Waals surface area contributed by atoms with Crippen molar-refractivity contribution in [3.05, 3.63) is 78.1 Å². The summed E-state index contributed by atoms with van der Waals surface area (Å²) in [5, 5.41) is 3.01. The van der Waals surface area contributed by atoms with Crippen molar-refractivity contribution < 1.29 is 14.3 Å². The number of carbonyl (C=O) groups is 1. The molecule has 0 spiro atoms. The second-order valence-electron chi connectivity index (χ2n) is 6.63. The van der Waals surface area contributed by atoms with E-state index in [1.54, 1.807) is 14.2 Å². The van der Waals surface area contributed by atoms with Gasteiger partial charge in [-0.1, -0.05) is 18.2 Å². The van der Waals surface area contributed by atoms with Crippen molar-refractivity contribution in [3.63, 3.8) is 0 Å². The molecule has 144 valence electrons. The fourth-order valence-corrected chi connectivity index (χ4v) is 3.69. The molecule has 6 nitrogen and oxygen atoms in total. The van der Waals surface area contributed by atoms with Crippen molar-refractivity contribution in [2.24, 2.45) is 0 Å². The molecule has 4 rings (SSSR count). The van der Waals surface area contributed by atoms with E-state index in [9.17, 15) is 4.79 Å². The van der Waals surface area contributed by atoms with Crippen LogP contribution >= 0.6 is 0 Å². The zero-order valence-electron chi connectivity index (χ0n) is 16.0. The molecule has 28 heavy (non-hydrogen) atoms. The van der Waals surface area contributed by atoms with Crippen molar-refractivity contribution in [3.8, 4) is 11.5 Å². The maximum atomic E-state index is 13.1. The molecule has 1 aromatic heterocycles. The fourth-order valence-electron chi connectivity index (χ4n) is 3.69. The number of hydrogen-bond donors (Lipinski definition) is 1. The van der Waals surface area contributed by atoms with E-state index < -0.39 is 0 Å². The van der Waals surface area contributed by atoms with E-state index in [1.165, 1.54) is 0 Å². The van der Waals surface area contributed by atoms with E-state index in [-0.39, 0.29) is 12.1 Å². The lowest BCUT2D eigenvalue weighted by Crippen LogP contribution is -2.44. The third-order valence-electron chi connectivity index (χ3n) is 5.06. The standard InChI is InChI=1S/C22H23N3O3/c1-27-17-10-11-18(20(15-17)28-2)21-19-9-6-12-24(19)13-14-25(21)22(26)23-16-7-4-3-5-8-16/h3-12,15,21H,13-14H2,1-2H3,(H,23,26). The van der Waals surface area contributed by atoms with Crippen LogP contribution in [-0.2, 0) is 6.54 Å². The summed E-state index contributed by atoms with van der Waals surface area (Å²) in [5.41, 5.74) is 2.75. The Hall–Kier alpha value is -3.41. The van der Waals surface area contributed by atoms with Gasteiger partial charge in [0.15, 0.2) is 0 Å². The van der Waals surface area contributed by atoms with Crippen LogP contribution in [0.2, 0.25) is 0 Å². The van der Waals surface area contributed by atoms with Crippen LogP contribution in [0.1, 0.15) is 17.3 Å². The number of amides is 2. The van der Waals surface area contributed by atoms with Crippen molar-refractivity contribution in [2.75, 3.05) is 26.1 Å². The monoisotopic (exact) mass is 377 g/mol. The number of rotatable bonds is 4. The molecule has 1 aliphatic heterocycles. The zero-order valence-corrected chi connectivity index (χ0v) is 16.0. The Labute approximate surface area is 164 Å². The van der Waals surface area contributed by atoms with Crippen LogP contribution in [-0.4, -0.2) is 36.3 Å². The molecule has 6 heteroatoms. The molecule has 2 aromatic carbocycles. The number of aromatic nitrogens is 1. The lowest BCUT2D eigenvalue weighted by atomic mass is 9.99. The second kappa shape index (κ2) is 7.68. The first-order valence-corrected chi connectivity index (χ1v) is 9.21. The van der Waals surface area contributed by atoms with Gasteiger partial charge in [0.2, 0.25) is 0 Å². The van der Waals surface area contributed by atoms with Gasteiger partial charge in [-0.25, -0.2) is 4.79 Å². The molecule has 0 bridgehead atoms. The molecule has 0 fully saturated rings. The number of methoxy groups -OCH3 is 2. The third kappa shape index (κ3) is 3.29. The van der Waals surface area contributed by atoms with Gasteiger partial charge in [-0.3, -0.25) is 0 Å². The van der Waals surface area contributed by atoms with Gasteiger partial charge in [-0.2, -0.15) is 0 Å². The number of fused-ring (bicyclic) bond motifs is 1. The largest absolute Gasteiger partial charge is 0.497 e. The van der Waals surface area contributed by atoms with E-state index in [0.717, 1.165) is 23.5 Å². The van der Waals surface area contributed by atoms with Gasteiger partial charge in [0, 0.05) is 42.3 Å². The van der Waals surface area contributed by atoms with E-state index >= 15 is 0 Å². The maximum Gasteiger partial charge on any atom is 0.322 e. The molecule has 0 aliphatic carbocycles. The van der Waals surface area contributed by atoms with Crippen LogP contribution in [0, 0.1) is 0 Å². The highest BCUT2D eigenvalue weighted by molar-refractivity contribution is 5.90. The van der Waals surface area contributed by atoms with E-state index in [0.29, 0.717) is 18.0 Å². The Morgan fingerprint density at radius 1 is 1.00 bits per heavy atom. The summed E-state index contributed by atoms with van der Waals surface area (Å²) >= 11 is 0. The van der Waals surface area contributed by atoms with Crippen LogP contribution in [0.5, 0.6) is 11.5 Å². The maximum absolute atomic E-state index is 13.1. The lowest BCUT2D eigenvalue weighted by molar-refractivity contribution is 0.180. The molecule has 0 radical (unpaired) electrons. The van der Waals surface area contributed by atoms with Gasteiger partial charge in [0.05, 0.1) is 14.2 Å². The highest BCUT2D eigenvalue weighted by Gasteiger charge is 2.34. The number of ether oxygens (including phenoxy) is 2. The van der Waals surface area contributed by atoms with E-state index in [4.69, 9.17) is 9.47 Å². The van der Waals surface area contributed by atoms with Gasteiger partial charge in [-0.15, -0.1) is 0 Å². The van der Waals surface area contributed by atoms with Crippen molar-refractivity contribution >= 4 is 11.7 Å². The van der Waals surface area contributed by atoms with Gasteiger partial charge in [0.1, 0.15) is 17.5 Å². The minimum absolute atomic E-state index is 0.137. The summed E-state index contributed by atoms with van der Waals surface area (Å²) in [5.74, 6) is 1.41. The molecular weight excluding hydrogens is 354 g/mol. The summed E-state index contributed by atoms with van der Waals surface area (Å²) < 4.78 is 13.1. The molecule has 2 heterocycles. The number of hydrogen-bond acceptors (Lipinski definition) is 3. The molecule has 1 unspecified atom stereocenters. The van der Waals surface area contributed by atoms with Crippen LogP contribution < -0.4 is 14.8 Å². The van der Waals surface area contributed by atoms with Gasteiger partial charge in [-0.05, 0) is 36.4 Å². The second-order valence-corrected chi connectivity index (χ2v) is 6.63. The van der Waals surface area contributed by atoms with Crippen LogP contribution in [0.3, 0.4) is 0 Å². The number of nitrogens with zero attached hydrogens (tertiary/aromatic N) is 2. The van der Waals surface area contributed by atoms with Crippen LogP contribution in [0.25, 0.3) is 0 Å². The SMILES string of the molecule is COc1ccc(C2c3cccn3CCN2C(=O)Nc2ccccc2)c(OC)c1. The van der Waals surface area contributed by atoms with E-state index in [2.05, 4.69) is 16.0 Å². The summed E-state index contributed by atoms with van der Waals surface area (Å²) in [6, 6.07) is 18.9. The van der Waals surface area contributed by atoms with Gasteiger partial charge < -0.3 is 24.3 Å². The molecule has 1 N–H and O–H groups in total. The third-order valence-corrected chi connectivity index (χ3v) is 5.06. The molecule has 1 atom stereocenters. The predicted octanol–water partition coefficient (Wildman–Crippen LogP) is 4.14. The fraction of sp³-hybridized carbons (Fsp3) is 0.227. The van der Waals surface area contributed by atoms with Crippen LogP contribution in [0.15, 0.2) is 66.9 Å². The number of anilines is 1. The summed E-state index contributed by atoms with van der Waals surface area (Å²) in [6.45, 7) is 1.35. The minimum atomic E-state index is -0.256. The first-order valence-electron chi connectivity index (χ1n) is 9.21. The highest BCUT2D eigenvalue weighted by atomic mass is 16.5. The predicted molar refractivity (Wildman–Crippen MR) is 108 cm³/mol. The van der Waals surface area contributed by atoms with Crippen molar-refractivity contribution in [1.29, 1.82) is 0 Å². The normalized spacial score (nSPS) is 15.6. The average molecular weight is 377 g/mol. The molecular formula is C22H23N3O3. The molecule has 2 amide bonds. The van der Waals surface area contributed by atoms with Gasteiger partial charge in [0.25, 0.3) is 0 Å². The van der Waals surface area contributed by atoms with Gasteiger partial charge >= 0.3 is 6.03 Å². The number of benzene rings is 2.